The van der Waals surface area contributed by atoms with Gasteiger partial charge in [0.1, 0.15) is 0 Å². The highest BCUT2D eigenvalue weighted by Gasteiger charge is 2.31. The Balaban J connectivity index is 0.00000300. The van der Waals surface area contributed by atoms with Crippen molar-refractivity contribution in [3.05, 3.63) is 0 Å². The molecule has 4 fully saturated rings. The van der Waals surface area contributed by atoms with Crippen LogP contribution < -0.4 is 10.6 Å². The molecule has 4 heterocycles. The third-order valence-corrected chi connectivity index (χ3v) is 5.85. The maximum Gasteiger partial charge on any atom is 0.234 e. The van der Waals surface area contributed by atoms with E-state index < -0.39 is 0 Å². The summed E-state index contributed by atoms with van der Waals surface area (Å²) in [4.78, 5) is 26.6. The van der Waals surface area contributed by atoms with Gasteiger partial charge in [-0.1, -0.05) is 0 Å². The van der Waals surface area contributed by atoms with Crippen molar-refractivity contribution >= 4 is 35.8 Å². The Labute approximate surface area is 192 Å². The van der Waals surface area contributed by atoms with Crippen LogP contribution in [0.3, 0.4) is 0 Å². The van der Waals surface area contributed by atoms with Crippen LogP contribution in [0.1, 0.15) is 6.92 Å². The second-order valence-corrected chi connectivity index (χ2v) is 7.79. The molecule has 4 rings (SSSR count). The van der Waals surface area contributed by atoms with Crippen LogP contribution in [0.2, 0.25) is 0 Å². The molecule has 4 aliphatic heterocycles. The van der Waals surface area contributed by atoms with Gasteiger partial charge in [0, 0.05) is 85.1 Å². The van der Waals surface area contributed by atoms with Crippen molar-refractivity contribution < 1.29 is 9.53 Å². The lowest BCUT2D eigenvalue weighted by atomic mass is 10.1. The minimum absolute atomic E-state index is 0. The van der Waals surface area contributed by atoms with Gasteiger partial charge in [0.05, 0.1) is 19.7 Å². The molecule has 0 aromatic carbocycles. The third kappa shape index (κ3) is 7.50. The smallest absolute Gasteiger partial charge is 0.234 e. The zero-order valence-corrected chi connectivity index (χ0v) is 20.3. The average Bonchev–Trinajstić information content (AvgIpc) is 2.73. The van der Waals surface area contributed by atoms with Crippen LogP contribution >= 0.6 is 24.0 Å². The summed E-state index contributed by atoms with van der Waals surface area (Å²) in [7, 11) is 1.64. The SMILES string of the molecule is CCNC(=NCC1CN2CCN1CC2)N1CCN(CC(=O)NCCOC)CC1.I. The Hall–Kier alpha value is -0.690. The Kier molecular flexibility index (Phi) is 10.9. The number of amides is 1. The molecule has 2 N–H and O–H groups in total. The van der Waals surface area contributed by atoms with Gasteiger partial charge in [0.25, 0.3) is 0 Å². The van der Waals surface area contributed by atoms with E-state index in [4.69, 9.17) is 9.73 Å². The van der Waals surface area contributed by atoms with Gasteiger partial charge in [-0.15, -0.1) is 24.0 Å². The van der Waals surface area contributed by atoms with Crippen LogP contribution in [0.15, 0.2) is 4.99 Å². The van der Waals surface area contributed by atoms with Gasteiger partial charge >= 0.3 is 0 Å². The average molecular weight is 523 g/mol. The van der Waals surface area contributed by atoms with Crippen molar-refractivity contribution in [3.63, 3.8) is 0 Å². The van der Waals surface area contributed by atoms with E-state index in [-0.39, 0.29) is 29.9 Å². The highest BCUT2D eigenvalue weighted by molar-refractivity contribution is 14.0. The number of aliphatic imine (C=N–C) groups is 1. The van der Waals surface area contributed by atoms with Crippen LogP contribution in [-0.4, -0.2) is 136 Å². The quantitative estimate of drug-likeness (QED) is 0.182. The zero-order chi connectivity index (χ0) is 19.8. The van der Waals surface area contributed by atoms with Crippen molar-refractivity contribution in [1.29, 1.82) is 0 Å². The maximum absolute atomic E-state index is 12.0. The zero-order valence-electron chi connectivity index (χ0n) is 17.9. The van der Waals surface area contributed by atoms with Crippen molar-refractivity contribution in [2.75, 3.05) is 98.8 Å². The fraction of sp³-hybridized carbons (Fsp3) is 0.895. The van der Waals surface area contributed by atoms with Gasteiger partial charge in [-0.3, -0.25) is 24.5 Å². The summed E-state index contributed by atoms with van der Waals surface area (Å²) in [5, 5.41) is 6.35. The summed E-state index contributed by atoms with van der Waals surface area (Å²) >= 11 is 0. The summed E-state index contributed by atoms with van der Waals surface area (Å²) in [6.07, 6.45) is 0. The Morgan fingerprint density at radius 1 is 1.07 bits per heavy atom. The molecule has 0 aromatic rings. The third-order valence-electron chi connectivity index (χ3n) is 5.85. The maximum atomic E-state index is 12.0. The molecule has 4 aliphatic rings. The van der Waals surface area contributed by atoms with E-state index in [1.807, 2.05) is 0 Å². The van der Waals surface area contributed by atoms with Crippen LogP contribution in [0.25, 0.3) is 0 Å². The molecular formula is C19H38IN7O2. The van der Waals surface area contributed by atoms with Gasteiger partial charge in [-0.25, -0.2) is 0 Å². The number of rotatable bonds is 8. The minimum Gasteiger partial charge on any atom is -0.383 e. The van der Waals surface area contributed by atoms with Crippen LogP contribution in [0, 0.1) is 0 Å². The lowest BCUT2D eigenvalue weighted by molar-refractivity contribution is -0.122. The number of guanidine groups is 1. The molecular weight excluding hydrogens is 485 g/mol. The van der Waals surface area contributed by atoms with Crippen LogP contribution in [-0.2, 0) is 9.53 Å². The van der Waals surface area contributed by atoms with E-state index in [9.17, 15) is 4.79 Å². The van der Waals surface area contributed by atoms with E-state index in [0.717, 1.165) is 51.8 Å². The number of fused-ring (bicyclic) bond motifs is 3. The van der Waals surface area contributed by atoms with E-state index in [1.54, 1.807) is 7.11 Å². The number of methoxy groups -OCH3 is 1. The standard InChI is InChI=1S/C19H37N7O2.HI/c1-3-20-19(22-14-17-15-23-5-9-25(17)10-6-23)26-11-7-24(8-12-26)16-18(27)21-4-13-28-2;/h17H,3-16H2,1-2H3,(H,20,22)(H,21,27);1H. The fourth-order valence-corrected chi connectivity index (χ4v) is 4.18. The number of nitrogens with zero attached hydrogens (tertiary/aromatic N) is 5. The molecule has 1 unspecified atom stereocenters. The molecule has 168 valence electrons. The first-order chi connectivity index (χ1) is 13.7. The fourth-order valence-electron chi connectivity index (χ4n) is 4.18. The van der Waals surface area contributed by atoms with Gasteiger partial charge in [-0.2, -0.15) is 0 Å². The number of hydrogen-bond donors (Lipinski definition) is 2. The second kappa shape index (κ2) is 12.9. The van der Waals surface area contributed by atoms with E-state index in [2.05, 4.69) is 37.2 Å². The number of carbonyl (C=O) groups excluding carboxylic acids is 1. The van der Waals surface area contributed by atoms with Crippen molar-refractivity contribution in [3.8, 4) is 0 Å². The Morgan fingerprint density at radius 3 is 2.38 bits per heavy atom. The Bertz CT molecular complexity index is 521. The van der Waals surface area contributed by atoms with Crippen LogP contribution in [0.4, 0.5) is 0 Å². The first-order valence-electron chi connectivity index (χ1n) is 10.7. The van der Waals surface area contributed by atoms with Gasteiger partial charge < -0.3 is 20.3 Å². The normalized spacial score (nSPS) is 27.4. The highest BCUT2D eigenvalue weighted by atomic mass is 127. The first-order valence-corrected chi connectivity index (χ1v) is 10.7. The van der Waals surface area contributed by atoms with E-state index >= 15 is 0 Å². The monoisotopic (exact) mass is 523 g/mol. The first kappa shape index (κ1) is 24.6. The summed E-state index contributed by atoms with van der Waals surface area (Å²) in [6.45, 7) is 14.9. The molecule has 0 aromatic heterocycles. The molecule has 29 heavy (non-hydrogen) atoms. The van der Waals surface area contributed by atoms with Gasteiger partial charge in [0.2, 0.25) is 5.91 Å². The molecule has 0 saturated carbocycles. The van der Waals surface area contributed by atoms with Crippen molar-refractivity contribution in [2.45, 2.75) is 13.0 Å². The number of nitrogens with one attached hydrogen (secondary N) is 2. The molecule has 2 bridgehead atoms. The van der Waals surface area contributed by atoms with Gasteiger partial charge in [0.15, 0.2) is 5.96 Å². The predicted molar refractivity (Wildman–Crippen MR) is 126 cm³/mol. The lowest BCUT2D eigenvalue weighted by Crippen LogP contribution is -2.62. The summed E-state index contributed by atoms with van der Waals surface area (Å²) in [5.41, 5.74) is 0. The predicted octanol–water partition coefficient (Wildman–Crippen LogP) is -1.05. The molecule has 0 spiro atoms. The Morgan fingerprint density at radius 2 is 1.79 bits per heavy atom. The lowest BCUT2D eigenvalue weighted by Gasteiger charge is -2.47. The molecule has 0 aliphatic carbocycles. The second-order valence-electron chi connectivity index (χ2n) is 7.79. The van der Waals surface area contributed by atoms with Crippen molar-refractivity contribution in [1.82, 2.24) is 30.2 Å². The summed E-state index contributed by atoms with van der Waals surface area (Å²) < 4.78 is 4.97. The number of piperazine rings is 4. The van der Waals surface area contributed by atoms with E-state index in [1.165, 1.54) is 26.2 Å². The molecule has 10 heteroatoms. The number of hydrogen-bond acceptors (Lipinski definition) is 6. The molecule has 4 saturated heterocycles. The minimum atomic E-state index is 0. The molecule has 0 radical (unpaired) electrons. The number of ether oxygens (including phenoxy) is 1. The number of halogens is 1. The topological polar surface area (TPSA) is 75.7 Å². The highest BCUT2D eigenvalue weighted by Crippen LogP contribution is 2.16. The number of carbonyl (C=O) groups is 1. The molecule has 1 amide bonds. The van der Waals surface area contributed by atoms with Gasteiger partial charge in [-0.05, 0) is 6.92 Å². The van der Waals surface area contributed by atoms with E-state index in [0.29, 0.717) is 25.7 Å². The summed E-state index contributed by atoms with van der Waals surface area (Å²) in [6, 6.07) is 0.549. The van der Waals surface area contributed by atoms with Crippen LogP contribution in [0.5, 0.6) is 0 Å². The molecule has 1 atom stereocenters. The molecule has 9 nitrogen and oxygen atoms in total. The largest absolute Gasteiger partial charge is 0.383 e. The summed E-state index contributed by atoms with van der Waals surface area (Å²) in [5.74, 6) is 1.09. The van der Waals surface area contributed by atoms with Crippen molar-refractivity contribution in [2.24, 2.45) is 4.99 Å².